The molecule has 1 fully saturated rings. The molecule has 1 aromatic rings. The summed E-state index contributed by atoms with van der Waals surface area (Å²) in [5.74, 6) is -0.0249. The van der Waals surface area contributed by atoms with Gasteiger partial charge in [-0.05, 0) is 31.4 Å². The Balaban J connectivity index is 0.00000200. The van der Waals surface area contributed by atoms with Crippen molar-refractivity contribution in [1.82, 2.24) is 9.88 Å². The molecule has 2 heterocycles. The molecule has 5 nitrogen and oxygen atoms in total. The Bertz CT molecular complexity index is 460. The van der Waals surface area contributed by atoms with Gasteiger partial charge in [-0.15, -0.1) is 24.8 Å². The number of piperidine rings is 1. The van der Waals surface area contributed by atoms with Gasteiger partial charge in [-0.3, -0.25) is 9.78 Å². The van der Waals surface area contributed by atoms with E-state index in [4.69, 9.17) is 10.5 Å². The number of carbonyl (C=O) groups is 1. The first-order valence-corrected chi connectivity index (χ1v) is 6.62. The number of aryl methyl sites for hydroxylation is 1. The number of ether oxygens (including phenoxy) is 1. The molecule has 0 radical (unpaired) electrons. The van der Waals surface area contributed by atoms with Crippen molar-refractivity contribution in [3.8, 4) is 0 Å². The first-order valence-electron chi connectivity index (χ1n) is 6.62. The Morgan fingerprint density at radius 3 is 2.81 bits per heavy atom. The minimum Gasteiger partial charge on any atom is -0.381 e. The van der Waals surface area contributed by atoms with Gasteiger partial charge in [0.2, 0.25) is 0 Å². The van der Waals surface area contributed by atoms with Gasteiger partial charge < -0.3 is 15.4 Å². The van der Waals surface area contributed by atoms with E-state index in [1.54, 1.807) is 13.3 Å². The first kappa shape index (κ1) is 20.1. The molecule has 0 spiro atoms. The second-order valence-corrected chi connectivity index (χ2v) is 4.94. The Morgan fingerprint density at radius 2 is 2.24 bits per heavy atom. The van der Waals surface area contributed by atoms with Crippen LogP contribution in [0.25, 0.3) is 0 Å². The maximum absolute atomic E-state index is 12.6. The van der Waals surface area contributed by atoms with Crippen molar-refractivity contribution in [3.05, 3.63) is 29.6 Å². The van der Waals surface area contributed by atoms with Crippen molar-refractivity contribution in [1.29, 1.82) is 0 Å². The number of hydrogen-bond acceptors (Lipinski definition) is 4. The SMILES string of the molecule is COC1CCN(C(=O)c2ncccc2C)C(CN)C1.Cl.Cl. The highest BCUT2D eigenvalue weighted by Gasteiger charge is 2.32. The minimum absolute atomic E-state index is 0. The molecule has 1 saturated heterocycles. The summed E-state index contributed by atoms with van der Waals surface area (Å²) in [6, 6.07) is 3.77. The van der Waals surface area contributed by atoms with Crippen LogP contribution in [0.5, 0.6) is 0 Å². The van der Waals surface area contributed by atoms with Crippen LogP contribution in [0.1, 0.15) is 28.9 Å². The lowest BCUT2D eigenvalue weighted by Crippen LogP contribution is -2.51. The molecule has 21 heavy (non-hydrogen) atoms. The van der Waals surface area contributed by atoms with Gasteiger partial charge in [0.1, 0.15) is 5.69 Å². The molecule has 1 aromatic heterocycles. The molecule has 2 N–H and O–H groups in total. The Hall–Kier alpha value is -0.880. The van der Waals surface area contributed by atoms with E-state index in [2.05, 4.69) is 4.98 Å². The van der Waals surface area contributed by atoms with Crippen LogP contribution in [0.3, 0.4) is 0 Å². The van der Waals surface area contributed by atoms with E-state index in [0.717, 1.165) is 18.4 Å². The monoisotopic (exact) mass is 335 g/mol. The van der Waals surface area contributed by atoms with E-state index in [0.29, 0.717) is 18.8 Å². The standard InChI is InChI=1S/C14H21N3O2.2ClH/c1-10-4-3-6-16-13(10)14(18)17-7-5-12(19-2)8-11(17)9-15;;/h3-4,6,11-12H,5,7-9,15H2,1-2H3;2*1H. The normalized spacial score (nSPS) is 21.2. The predicted molar refractivity (Wildman–Crippen MR) is 87.4 cm³/mol. The average molecular weight is 336 g/mol. The van der Waals surface area contributed by atoms with Crippen LogP contribution in [0, 0.1) is 6.92 Å². The number of carbonyl (C=O) groups excluding carboxylic acids is 1. The van der Waals surface area contributed by atoms with Crippen LogP contribution in [0.2, 0.25) is 0 Å². The van der Waals surface area contributed by atoms with Crippen LogP contribution in [-0.4, -0.2) is 48.1 Å². The third-order valence-corrected chi connectivity index (χ3v) is 3.75. The van der Waals surface area contributed by atoms with Crippen molar-refractivity contribution in [3.63, 3.8) is 0 Å². The lowest BCUT2D eigenvalue weighted by Gasteiger charge is -2.38. The molecule has 2 rings (SSSR count). The Morgan fingerprint density at radius 1 is 1.52 bits per heavy atom. The van der Waals surface area contributed by atoms with E-state index >= 15 is 0 Å². The molecule has 1 aliphatic rings. The molecule has 1 amide bonds. The van der Waals surface area contributed by atoms with Gasteiger partial charge >= 0.3 is 0 Å². The number of likely N-dealkylation sites (tertiary alicyclic amines) is 1. The smallest absolute Gasteiger partial charge is 0.273 e. The van der Waals surface area contributed by atoms with Crippen LogP contribution in [-0.2, 0) is 4.74 Å². The van der Waals surface area contributed by atoms with Crippen LogP contribution in [0.4, 0.5) is 0 Å². The van der Waals surface area contributed by atoms with Crippen molar-refractivity contribution in [2.75, 3.05) is 20.2 Å². The largest absolute Gasteiger partial charge is 0.381 e. The Labute approximate surface area is 138 Å². The van der Waals surface area contributed by atoms with Gasteiger partial charge in [-0.25, -0.2) is 0 Å². The molecule has 0 aromatic carbocycles. The molecule has 1 aliphatic heterocycles. The van der Waals surface area contributed by atoms with Crippen molar-refractivity contribution in [2.45, 2.75) is 31.9 Å². The highest BCUT2D eigenvalue weighted by atomic mass is 35.5. The number of pyridine rings is 1. The number of rotatable bonds is 3. The molecule has 2 atom stereocenters. The van der Waals surface area contributed by atoms with Crippen LogP contribution >= 0.6 is 24.8 Å². The molecule has 7 heteroatoms. The first-order chi connectivity index (χ1) is 9.17. The Kier molecular flexibility index (Phi) is 8.82. The zero-order valence-corrected chi connectivity index (χ0v) is 14.0. The molecule has 120 valence electrons. The fourth-order valence-electron chi connectivity index (χ4n) is 2.56. The fourth-order valence-corrected chi connectivity index (χ4v) is 2.56. The van der Waals surface area contributed by atoms with Gasteiger partial charge in [-0.2, -0.15) is 0 Å². The second-order valence-electron chi connectivity index (χ2n) is 4.94. The number of aromatic nitrogens is 1. The van der Waals surface area contributed by atoms with Crippen LogP contribution in [0.15, 0.2) is 18.3 Å². The number of methoxy groups -OCH3 is 1. The highest BCUT2D eigenvalue weighted by molar-refractivity contribution is 5.94. The lowest BCUT2D eigenvalue weighted by atomic mass is 9.98. The maximum atomic E-state index is 12.6. The molecule has 0 saturated carbocycles. The van der Waals surface area contributed by atoms with E-state index in [-0.39, 0.29) is 42.9 Å². The number of hydrogen-bond donors (Lipinski definition) is 1. The summed E-state index contributed by atoms with van der Waals surface area (Å²) in [7, 11) is 1.71. The van der Waals surface area contributed by atoms with Crippen LogP contribution < -0.4 is 5.73 Å². The fraction of sp³-hybridized carbons (Fsp3) is 0.571. The van der Waals surface area contributed by atoms with Gasteiger partial charge in [0.15, 0.2) is 0 Å². The number of amides is 1. The van der Waals surface area contributed by atoms with E-state index in [1.165, 1.54) is 0 Å². The number of halogens is 2. The van der Waals surface area contributed by atoms with Gasteiger partial charge in [0.05, 0.1) is 6.10 Å². The quantitative estimate of drug-likeness (QED) is 0.914. The highest BCUT2D eigenvalue weighted by Crippen LogP contribution is 2.21. The van der Waals surface area contributed by atoms with Crippen molar-refractivity contribution in [2.24, 2.45) is 5.73 Å². The second kappa shape index (κ2) is 9.20. The van der Waals surface area contributed by atoms with E-state index in [1.807, 2.05) is 24.0 Å². The third-order valence-electron chi connectivity index (χ3n) is 3.75. The van der Waals surface area contributed by atoms with Crippen molar-refractivity contribution >= 4 is 30.7 Å². The van der Waals surface area contributed by atoms with Crippen molar-refractivity contribution < 1.29 is 9.53 Å². The predicted octanol–water partition coefficient (Wildman–Crippen LogP) is 1.81. The van der Waals surface area contributed by atoms with Gasteiger partial charge in [0.25, 0.3) is 5.91 Å². The third kappa shape index (κ3) is 4.54. The van der Waals surface area contributed by atoms with Gasteiger partial charge in [0, 0.05) is 32.4 Å². The molecule has 0 aliphatic carbocycles. The summed E-state index contributed by atoms with van der Waals surface area (Å²) in [5.41, 5.74) is 7.22. The van der Waals surface area contributed by atoms with E-state index in [9.17, 15) is 4.79 Å². The summed E-state index contributed by atoms with van der Waals surface area (Å²) in [4.78, 5) is 18.6. The number of nitrogens with two attached hydrogens (primary N) is 1. The van der Waals surface area contributed by atoms with Gasteiger partial charge in [-0.1, -0.05) is 6.07 Å². The number of nitrogens with zero attached hydrogens (tertiary/aromatic N) is 2. The summed E-state index contributed by atoms with van der Waals surface area (Å²) < 4.78 is 5.37. The molecular formula is C14H23Cl2N3O2. The topological polar surface area (TPSA) is 68.5 Å². The zero-order chi connectivity index (χ0) is 13.8. The zero-order valence-electron chi connectivity index (χ0n) is 12.3. The minimum atomic E-state index is -0.0249. The molecular weight excluding hydrogens is 313 g/mol. The lowest BCUT2D eigenvalue weighted by molar-refractivity contribution is 0.0136. The molecule has 2 unspecified atom stereocenters. The average Bonchev–Trinajstić information content (AvgIpc) is 2.46. The van der Waals surface area contributed by atoms with E-state index < -0.39 is 0 Å². The summed E-state index contributed by atoms with van der Waals surface area (Å²) >= 11 is 0. The molecule has 0 bridgehead atoms. The summed E-state index contributed by atoms with van der Waals surface area (Å²) in [5, 5.41) is 0. The summed E-state index contributed by atoms with van der Waals surface area (Å²) in [6.45, 7) is 3.03. The summed E-state index contributed by atoms with van der Waals surface area (Å²) in [6.07, 6.45) is 3.50. The maximum Gasteiger partial charge on any atom is 0.273 e.